The van der Waals surface area contributed by atoms with E-state index in [0.717, 1.165) is 29.3 Å². The number of fused-ring (bicyclic) bond motifs is 1. The van der Waals surface area contributed by atoms with Crippen LogP contribution in [0.25, 0.3) is 11.3 Å². The summed E-state index contributed by atoms with van der Waals surface area (Å²) in [6.45, 7) is 6.87. The van der Waals surface area contributed by atoms with E-state index in [-0.39, 0.29) is 12.4 Å². The summed E-state index contributed by atoms with van der Waals surface area (Å²) in [5, 5.41) is 11.0. The first-order valence-electron chi connectivity index (χ1n) is 9.17. The fraction of sp³-hybridized carbons (Fsp3) is 0.526. The topological polar surface area (TPSA) is 62.4 Å². The van der Waals surface area contributed by atoms with Gasteiger partial charge in [-0.1, -0.05) is 0 Å². The van der Waals surface area contributed by atoms with Gasteiger partial charge in [0, 0.05) is 30.8 Å². The number of halogens is 1. The van der Waals surface area contributed by atoms with Crippen molar-refractivity contribution < 1.29 is 9.47 Å². The Balaban J connectivity index is 0.00000168. The quantitative estimate of drug-likeness (QED) is 0.861. The van der Waals surface area contributed by atoms with Crippen LogP contribution in [-0.2, 0) is 6.54 Å². The minimum Gasteiger partial charge on any atom is -0.486 e. The maximum atomic E-state index is 5.72. The lowest BCUT2D eigenvalue weighted by Gasteiger charge is -2.23. The summed E-state index contributed by atoms with van der Waals surface area (Å²) in [5.41, 5.74) is 3.94. The van der Waals surface area contributed by atoms with Crippen LogP contribution in [0.5, 0.6) is 11.5 Å². The molecule has 4 heterocycles. The van der Waals surface area contributed by atoms with Crippen molar-refractivity contribution in [1.29, 1.82) is 0 Å². The number of hydrogen-bond donors (Lipinski definition) is 2. The van der Waals surface area contributed by atoms with E-state index in [2.05, 4.69) is 32.5 Å². The number of nitrogens with one attached hydrogen (secondary N) is 2. The molecule has 7 heteroatoms. The highest BCUT2D eigenvalue weighted by atomic mass is 35.5. The lowest BCUT2D eigenvalue weighted by molar-refractivity contribution is 0.171. The number of hydrogen-bond acceptors (Lipinski definition) is 5. The normalized spacial score (nSPS) is 24.8. The van der Waals surface area contributed by atoms with Gasteiger partial charge in [0.15, 0.2) is 11.5 Å². The Labute approximate surface area is 159 Å². The Morgan fingerprint density at radius 2 is 2.04 bits per heavy atom. The van der Waals surface area contributed by atoms with Crippen LogP contribution in [0.15, 0.2) is 24.4 Å². The Morgan fingerprint density at radius 1 is 1.15 bits per heavy atom. The predicted molar refractivity (Wildman–Crippen MR) is 102 cm³/mol. The SMILES string of the molecule is Cl.c1cc2c(cc1-c1[nH]ncc1CN1CCC3(CCNC3)C1)OCCO2. The number of benzene rings is 1. The van der Waals surface area contributed by atoms with Crippen molar-refractivity contribution in [2.45, 2.75) is 19.4 Å². The predicted octanol–water partition coefficient (Wildman–Crippen LogP) is 2.46. The third-order valence-corrected chi connectivity index (χ3v) is 5.79. The summed E-state index contributed by atoms with van der Waals surface area (Å²) in [6.07, 6.45) is 4.57. The minimum atomic E-state index is 0. The van der Waals surface area contributed by atoms with Gasteiger partial charge in [-0.15, -0.1) is 12.4 Å². The van der Waals surface area contributed by atoms with Crippen molar-refractivity contribution >= 4 is 12.4 Å². The Morgan fingerprint density at radius 3 is 2.88 bits per heavy atom. The van der Waals surface area contributed by atoms with Crippen LogP contribution < -0.4 is 14.8 Å². The smallest absolute Gasteiger partial charge is 0.162 e. The average molecular weight is 377 g/mol. The molecule has 6 nitrogen and oxygen atoms in total. The second-order valence-corrected chi connectivity index (χ2v) is 7.52. The number of nitrogens with zero attached hydrogens (tertiary/aromatic N) is 2. The standard InChI is InChI=1S/C19H24N4O2.ClH/c1-2-16-17(25-8-7-24-16)9-14(1)18-15(10-21-22-18)11-23-6-4-19(13-23)3-5-20-12-19;/h1-2,9-10,20H,3-8,11-13H2,(H,21,22);1H. The zero-order valence-electron chi connectivity index (χ0n) is 14.8. The van der Waals surface area contributed by atoms with Gasteiger partial charge in [0.2, 0.25) is 0 Å². The summed E-state index contributed by atoms with van der Waals surface area (Å²) in [4.78, 5) is 2.57. The minimum absolute atomic E-state index is 0. The Kier molecular flexibility index (Phi) is 4.82. The molecule has 3 aliphatic heterocycles. The van der Waals surface area contributed by atoms with Crippen molar-refractivity contribution in [3.63, 3.8) is 0 Å². The zero-order valence-corrected chi connectivity index (χ0v) is 15.6. The average Bonchev–Trinajstić information content (AvgIpc) is 3.38. The van der Waals surface area contributed by atoms with Crippen molar-refractivity contribution in [3.8, 4) is 22.8 Å². The molecular formula is C19H25ClN4O2. The Bertz CT molecular complexity index is 773. The van der Waals surface area contributed by atoms with E-state index in [4.69, 9.17) is 9.47 Å². The molecule has 0 radical (unpaired) electrons. The van der Waals surface area contributed by atoms with Gasteiger partial charge in [-0.05, 0) is 49.5 Å². The molecule has 0 saturated carbocycles. The number of aromatic amines is 1. The van der Waals surface area contributed by atoms with Gasteiger partial charge in [0.05, 0.1) is 11.9 Å². The van der Waals surface area contributed by atoms with Gasteiger partial charge in [0.25, 0.3) is 0 Å². The van der Waals surface area contributed by atoms with Crippen LogP contribution in [0.2, 0.25) is 0 Å². The molecule has 5 rings (SSSR count). The molecule has 1 aromatic heterocycles. The first-order valence-corrected chi connectivity index (χ1v) is 9.17. The highest BCUT2D eigenvalue weighted by Crippen LogP contribution is 2.38. The molecule has 1 aromatic carbocycles. The number of aromatic nitrogens is 2. The number of H-pyrrole nitrogens is 1. The van der Waals surface area contributed by atoms with Crippen LogP contribution in [0.3, 0.4) is 0 Å². The fourth-order valence-corrected chi connectivity index (χ4v) is 4.43. The molecule has 140 valence electrons. The molecule has 3 aliphatic rings. The summed E-state index contributed by atoms with van der Waals surface area (Å²) in [6, 6.07) is 6.12. The second-order valence-electron chi connectivity index (χ2n) is 7.52. The van der Waals surface area contributed by atoms with Crippen LogP contribution in [0.4, 0.5) is 0 Å². The van der Waals surface area contributed by atoms with E-state index < -0.39 is 0 Å². The maximum Gasteiger partial charge on any atom is 0.162 e. The second kappa shape index (κ2) is 7.10. The van der Waals surface area contributed by atoms with Gasteiger partial charge < -0.3 is 14.8 Å². The molecule has 2 aromatic rings. The summed E-state index contributed by atoms with van der Waals surface area (Å²) in [7, 11) is 0. The maximum absolute atomic E-state index is 5.72. The molecule has 1 spiro atoms. The number of likely N-dealkylation sites (tertiary alicyclic amines) is 1. The van der Waals surface area contributed by atoms with Gasteiger partial charge in [-0.25, -0.2) is 0 Å². The van der Waals surface area contributed by atoms with Crippen LogP contribution in [0, 0.1) is 5.41 Å². The molecule has 0 bridgehead atoms. The summed E-state index contributed by atoms with van der Waals surface area (Å²) in [5.74, 6) is 1.65. The van der Waals surface area contributed by atoms with E-state index in [1.807, 2.05) is 12.3 Å². The molecule has 1 atom stereocenters. The van der Waals surface area contributed by atoms with E-state index in [9.17, 15) is 0 Å². The highest BCUT2D eigenvalue weighted by Gasteiger charge is 2.40. The highest BCUT2D eigenvalue weighted by molar-refractivity contribution is 5.85. The molecule has 2 fully saturated rings. The fourth-order valence-electron chi connectivity index (χ4n) is 4.43. The van der Waals surface area contributed by atoms with Crippen molar-refractivity contribution in [1.82, 2.24) is 20.4 Å². The lowest BCUT2D eigenvalue weighted by atomic mass is 9.86. The first-order chi connectivity index (χ1) is 12.3. The van der Waals surface area contributed by atoms with E-state index in [0.29, 0.717) is 18.6 Å². The lowest BCUT2D eigenvalue weighted by Crippen LogP contribution is -2.29. The molecular weight excluding hydrogens is 352 g/mol. The molecule has 0 amide bonds. The van der Waals surface area contributed by atoms with Gasteiger partial charge in [-0.2, -0.15) is 5.10 Å². The largest absolute Gasteiger partial charge is 0.486 e. The molecule has 1 unspecified atom stereocenters. The van der Waals surface area contributed by atoms with Gasteiger partial charge in [-0.3, -0.25) is 10.00 Å². The molecule has 0 aliphatic carbocycles. The number of ether oxygens (including phenoxy) is 2. The zero-order chi connectivity index (χ0) is 16.7. The number of rotatable bonds is 3. The molecule has 2 N–H and O–H groups in total. The van der Waals surface area contributed by atoms with E-state index in [1.165, 1.54) is 44.6 Å². The Hall–Kier alpha value is -1.76. The monoisotopic (exact) mass is 376 g/mol. The van der Waals surface area contributed by atoms with E-state index in [1.54, 1.807) is 0 Å². The van der Waals surface area contributed by atoms with Crippen LogP contribution in [0.1, 0.15) is 18.4 Å². The van der Waals surface area contributed by atoms with Crippen LogP contribution in [-0.4, -0.2) is 54.5 Å². The molecule has 26 heavy (non-hydrogen) atoms. The summed E-state index contributed by atoms with van der Waals surface area (Å²) >= 11 is 0. The third kappa shape index (κ3) is 3.17. The van der Waals surface area contributed by atoms with Crippen molar-refractivity contribution in [2.75, 3.05) is 39.4 Å². The first kappa shape index (κ1) is 17.6. The summed E-state index contributed by atoms with van der Waals surface area (Å²) < 4.78 is 11.3. The van der Waals surface area contributed by atoms with Gasteiger partial charge >= 0.3 is 0 Å². The third-order valence-electron chi connectivity index (χ3n) is 5.79. The molecule has 2 saturated heterocycles. The van der Waals surface area contributed by atoms with Crippen molar-refractivity contribution in [2.24, 2.45) is 5.41 Å². The van der Waals surface area contributed by atoms with E-state index >= 15 is 0 Å². The van der Waals surface area contributed by atoms with Gasteiger partial charge in [0.1, 0.15) is 13.2 Å². The van der Waals surface area contributed by atoms with Crippen LogP contribution >= 0.6 is 12.4 Å². The van der Waals surface area contributed by atoms with Crippen molar-refractivity contribution in [3.05, 3.63) is 30.0 Å².